The molecule has 0 aliphatic carbocycles. The maximum atomic E-state index is 13.2. The van der Waals surface area contributed by atoms with Crippen molar-refractivity contribution in [3.8, 4) is 0 Å². The first-order chi connectivity index (χ1) is 11.8. The molecule has 0 radical (unpaired) electrons. The lowest BCUT2D eigenvalue weighted by molar-refractivity contribution is -0.140. The highest BCUT2D eigenvalue weighted by atomic mass is 32.2. The third kappa shape index (κ3) is 4.78. The van der Waals surface area contributed by atoms with E-state index < -0.39 is 42.5 Å². The summed E-state index contributed by atoms with van der Waals surface area (Å²) < 4.78 is 99.8. The second-order valence-electron chi connectivity index (χ2n) is 5.15. The van der Waals surface area contributed by atoms with Gasteiger partial charge in [-0.1, -0.05) is 12.1 Å². The van der Waals surface area contributed by atoms with Crippen LogP contribution in [0.25, 0.3) is 0 Å². The van der Waals surface area contributed by atoms with Crippen molar-refractivity contribution < 1.29 is 34.4 Å². The van der Waals surface area contributed by atoms with Gasteiger partial charge >= 0.3 is 6.18 Å². The van der Waals surface area contributed by atoms with Crippen LogP contribution in [-0.2, 0) is 32.8 Å². The van der Waals surface area contributed by atoms with Crippen LogP contribution in [0.2, 0.25) is 0 Å². The Bertz CT molecular complexity index is 1020. The summed E-state index contributed by atoms with van der Waals surface area (Å²) in [5.41, 5.74) is -1.36. The van der Waals surface area contributed by atoms with Gasteiger partial charge in [-0.25, -0.2) is 31.1 Å². The molecule has 0 aromatic heterocycles. The quantitative estimate of drug-likeness (QED) is 0.733. The van der Waals surface area contributed by atoms with Gasteiger partial charge in [-0.15, -0.1) is 0 Å². The molecule has 0 aliphatic heterocycles. The van der Waals surface area contributed by atoms with E-state index in [2.05, 4.69) is 0 Å². The summed E-state index contributed by atoms with van der Waals surface area (Å²) in [6.45, 7) is -0.327. The number of nitrogens with one attached hydrogen (secondary N) is 1. The fourth-order valence-electron chi connectivity index (χ4n) is 1.95. The molecule has 0 unspecified atom stereocenters. The molecule has 2 rings (SSSR count). The fourth-order valence-corrected chi connectivity index (χ4v) is 3.51. The van der Waals surface area contributed by atoms with Crippen molar-refractivity contribution in [2.24, 2.45) is 5.14 Å². The van der Waals surface area contributed by atoms with Crippen LogP contribution in [0.1, 0.15) is 11.1 Å². The van der Waals surface area contributed by atoms with E-state index in [1.165, 1.54) is 12.1 Å². The molecule has 0 saturated carbocycles. The zero-order chi connectivity index (χ0) is 19.8. The van der Waals surface area contributed by atoms with Gasteiger partial charge in [0.1, 0.15) is 5.82 Å². The molecule has 0 atom stereocenters. The topological polar surface area (TPSA) is 106 Å². The van der Waals surface area contributed by atoms with Crippen LogP contribution >= 0.6 is 0 Å². The monoisotopic (exact) mass is 412 g/mol. The molecule has 142 valence electrons. The third-order valence-corrected chi connectivity index (χ3v) is 5.60. The van der Waals surface area contributed by atoms with Gasteiger partial charge in [0.25, 0.3) is 0 Å². The van der Waals surface area contributed by atoms with Crippen molar-refractivity contribution in [1.82, 2.24) is 4.72 Å². The Labute approximate surface area is 146 Å². The number of alkyl halides is 3. The second-order valence-corrected chi connectivity index (χ2v) is 8.48. The van der Waals surface area contributed by atoms with Gasteiger partial charge < -0.3 is 0 Å². The number of hydrogen-bond acceptors (Lipinski definition) is 4. The fraction of sp³-hybridized carbons (Fsp3) is 0.143. The summed E-state index contributed by atoms with van der Waals surface area (Å²) in [5.74, 6) is -1.59. The van der Waals surface area contributed by atoms with Crippen LogP contribution in [0.5, 0.6) is 0 Å². The lowest BCUT2D eigenvalue weighted by atomic mass is 10.2. The van der Waals surface area contributed by atoms with Gasteiger partial charge in [-0.05, 0) is 35.9 Å². The Morgan fingerprint density at radius 2 is 1.46 bits per heavy atom. The first kappa shape index (κ1) is 20.3. The molecule has 26 heavy (non-hydrogen) atoms. The summed E-state index contributed by atoms with van der Waals surface area (Å²) in [5, 5.41) is 4.93. The minimum Gasteiger partial charge on any atom is -0.225 e. The Hall–Kier alpha value is -2.02. The highest BCUT2D eigenvalue weighted by Crippen LogP contribution is 2.32. The maximum Gasteiger partial charge on any atom is 0.419 e. The summed E-state index contributed by atoms with van der Waals surface area (Å²) >= 11 is 0. The van der Waals surface area contributed by atoms with Crippen molar-refractivity contribution in [3.05, 3.63) is 59.4 Å². The Morgan fingerprint density at radius 1 is 0.923 bits per heavy atom. The summed E-state index contributed by atoms with van der Waals surface area (Å²) in [6.07, 6.45) is -5.04. The van der Waals surface area contributed by atoms with Gasteiger partial charge in [0.2, 0.25) is 20.0 Å². The van der Waals surface area contributed by atoms with Crippen molar-refractivity contribution in [2.45, 2.75) is 22.5 Å². The van der Waals surface area contributed by atoms with Crippen LogP contribution in [0.3, 0.4) is 0 Å². The van der Waals surface area contributed by atoms with Crippen LogP contribution in [0, 0.1) is 5.82 Å². The van der Waals surface area contributed by atoms with Gasteiger partial charge in [-0.3, -0.25) is 0 Å². The zero-order valence-corrected chi connectivity index (χ0v) is 14.4. The lowest BCUT2D eigenvalue weighted by Crippen LogP contribution is -2.24. The largest absolute Gasteiger partial charge is 0.419 e. The molecular weight excluding hydrogens is 400 g/mol. The van der Waals surface area contributed by atoms with Crippen LogP contribution in [-0.4, -0.2) is 16.8 Å². The van der Waals surface area contributed by atoms with Crippen LogP contribution in [0.15, 0.2) is 52.3 Å². The van der Waals surface area contributed by atoms with E-state index in [0.29, 0.717) is 17.7 Å². The Kier molecular flexibility index (Phi) is 5.42. The molecule has 0 bridgehead atoms. The minimum atomic E-state index is -5.04. The molecule has 12 heteroatoms. The Morgan fingerprint density at radius 3 is 1.96 bits per heavy atom. The van der Waals surface area contributed by atoms with Crippen molar-refractivity contribution in [2.75, 3.05) is 0 Å². The predicted molar refractivity (Wildman–Crippen MR) is 83.2 cm³/mol. The number of halogens is 4. The average Bonchev–Trinajstić information content (AvgIpc) is 2.51. The molecule has 0 saturated heterocycles. The van der Waals surface area contributed by atoms with Gasteiger partial charge in [-0.2, -0.15) is 13.2 Å². The molecule has 3 N–H and O–H groups in total. The average molecular weight is 412 g/mol. The molecule has 0 spiro atoms. The number of sulfonamides is 2. The second kappa shape index (κ2) is 6.95. The first-order valence-corrected chi connectivity index (χ1v) is 9.82. The highest BCUT2D eigenvalue weighted by molar-refractivity contribution is 7.89. The standard InChI is InChI=1S/C14H12F4N2O4S2/c15-13-6-5-11(7-12(13)14(16,17)18)26(23,24)20-8-9-1-3-10(4-2-9)25(19,21)22/h1-7,20H,8H2,(H2,19,21,22). The normalized spacial score (nSPS) is 13.0. The smallest absolute Gasteiger partial charge is 0.225 e. The van der Waals surface area contributed by atoms with E-state index in [0.717, 1.165) is 12.1 Å². The molecule has 6 nitrogen and oxygen atoms in total. The van der Waals surface area contributed by atoms with Crippen LogP contribution in [0.4, 0.5) is 17.6 Å². The highest BCUT2D eigenvalue weighted by Gasteiger charge is 2.35. The lowest BCUT2D eigenvalue weighted by Gasteiger charge is -2.11. The molecule has 0 fully saturated rings. The van der Waals surface area contributed by atoms with Crippen LogP contribution < -0.4 is 9.86 Å². The summed E-state index contributed by atoms with van der Waals surface area (Å²) in [6, 6.07) is 6.19. The van der Waals surface area contributed by atoms with E-state index in [1.807, 2.05) is 4.72 Å². The van der Waals surface area contributed by atoms with E-state index in [-0.39, 0.29) is 17.5 Å². The maximum absolute atomic E-state index is 13.2. The Balaban J connectivity index is 2.22. The molecule has 0 amide bonds. The summed E-state index contributed by atoms with van der Waals surface area (Å²) in [7, 11) is -8.27. The molecule has 0 aliphatic rings. The van der Waals surface area contributed by atoms with E-state index in [1.54, 1.807) is 0 Å². The predicted octanol–water partition coefficient (Wildman–Crippen LogP) is 1.97. The number of nitrogens with two attached hydrogens (primary N) is 1. The minimum absolute atomic E-state index is 0.183. The van der Waals surface area contributed by atoms with Gasteiger partial charge in [0.05, 0.1) is 15.4 Å². The van der Waals surface area contributed by atoms with Crippen molar-refractivity contribution in [1.29, 1.82) is 0 Å². The third-order valence-electron chi connectivity index (χ3n) is 3.27. The first-order valence-electron chi connectivity index (χ1n) is 6.79. The number of primary sulfonamides is 1. The number of benzene rings is 2. The van der Waals surface area contributed by atoms with Crippen molar-refractivity contribution >= 4 is 20.0 Å². The summed E-state index contributed by atoms with van der Waals surface area (Å²) in [4.78, 5) is -0.940. The van der Waals surface area contributed by atoms with Crippen molar-refractivity contribution in [3.63, 3.8) is 0 Å². The van der Waals surface area contributed by atoms with Gasteiger partial charge in [0.15, 0.2) is 0 Å². The van der Waals surface area contributed by atoms with E-state index >= 15 is 0 Å². The molecule has 0 heterocycles. The zero-order valence-electron chi connectivity index (χ0n) is 12.8. The molecule has 2 aromatic carbocycles. The SMILES string of the molecule is NS(=O)(=O)c1ccc(CNS(=O)(=O)c2ccc(F)c(C(F)(F)F)c2)cc1. The molecular formula is C14H12F4N2O4S2. The number of rotatable bonds is 5. The van der Waals surface area contributed by atoms with Gasteiger partial charge in [0, 0.05) is 6.54 Å². The number of hydrogen-bond donors (Lipinski definition) is 2. The molecule has 2 aromatic rings. The van der Waals surface area contributed by atoms with E-state index in [9.17, 15) is 34.4 Å². The van der Waals surface area contributed by atoms with E-state index in [4.69, 9.17) is 5.14 Å².